The average Bonchev–Trinajstić information content (AvgIpc) is 2.99. The highest BCUT2D eigenvalue weighted by molar-refractivity contribution is 6.09. The quantitative estimate of drug-likeness (QED) is 0.626. The Morgan fingerprint density at radius 2 is 1.71 bits per heavy atom. The molecule has 0 saturated carbocycles. The highest BCUT2D eigenvalue weighted by atomic mass is 16.5. The van der Waals surface area contributed by atoms with Gasteiger partial charge in [0.25, 0.3) is 5.91 Å². The van der Waals surface area contributed by atoms with Crippen LogP contribution in [0.1, 0.15) is 39.3 Å². The van der Waals surface area contributed by atoms with Gasteiger partial charge in [-0.1, -0.05) is 44.2 Å². The molecule has 3 rings (SSSR count). The van der Waals surface area contributed by atoms with E-state index in [0.717, 1.165) is 0 Å². The zero-order chi connectivity index (χ0) is 22.5. The fourth-order valence-electron chi connectivity index (χ4n) is 3.55. The second-order valence-corrected chi connectivity index (χ2v) is 8.09. The molecule has 31 heavy (non-hydrogen) atoms. The summed E-state index contributed by atoms with van der Waals surface area (Å²) < 4.78 is 11.5. The van der Waals surface area contributed by atoms with Crippen LogP contribution in [-0.2, 0) is 14.3 Å². The third-order valence-electron chi connectivity index (χ3n) is 5.03. The molecule has 0 aromatic heterocycles. The van der Waals surface area contributed by atoms with Gasteiger partial charge in [0.1, 0.15) is 11.5 Å². The summed E-state index contributed by atoms with van der Waals surface area (Å²) >= 11 is 0. The van der Waals surface area contributed by atoms with Crippen molar-refractivity contribution in [1.29, 1.82) is 0 Å². The van der Waals surface area contributed by atoms with Crippen molar-refractivity contribution < 1.29 is 24.2 Å². The van der Waals surface area contributed by atoms with E-state index in [1.807, 2.05) is 62.4 Å². The number of nitrogens with zero attached hydrogens (tertiary/aromatic N) is 1. The first-order chi connectivity index (χ1) is 14.8. The molecule has 2 aromatic carbocycles. The Balaban J connectivity index is 1.97. The molecule has 1 N–H and O–H groups in total. The van der Waals surface area contributed by atoms with Gasteiger partial charge in [-0.15, -0.1) is 0 Å². The van der Waals surface area contributed by atoms with E-state index >= 15 is 0 Å². The number of para-hydroxylation sites is 1. The number of ketones is 1. The SMILES string of the molecule is CC(C)OCCN1C(=O)C(O)=C(C(=O)C(C)C)C1c1cccc(Oc2ccccc2)c1. The number of hydrogen-bond donors (Lipinski definition) is 1. The molecule has 0 spiro atoms. The Labute approximate surface area is 183 Å². The van der Waals surface area contributed by atoms with Crippen LogP contribution in [0.4, 0.5) is 0 Å². The summed E-state index contributed by atoms with van der Waals surface area (Å²) in [6.07, 6.45) is 0.0112. The molecule has 0 saturated heterocycles. The van der Waals surface area contributed by atoms with Crippen LogP contribution in [0.15, 0.2) is 65.9 Å². The normalized spacial score (nSPS) is 16.5. The van der Waals surface area contributed by atoms with Crippen molar-refractivity contribution in [1.82, 2.24) is 4.90 Å². The number of Topliss-reactive ketones (excluding diaryl/α,β-unsaturated/α-hetero) is 1. The lowest BCUT2D eigenvalue weighted by molar-refractivity contribution is -0.130. The lowest BCUT2D eigenvalue weighted by atomic mass is 9.91. The predicted molar refractivity (Wildman–Crippen MR) is 118 cm³/mol. The molecule has 1 amide bonds. The van der Waals surface area contributed by atoms with Gasteiger partial charge in [-0.2, -0.15) is 0 Å². The van der Waals surface area contributed by atoms with Crippen molar-refractivity contribution in [2.75, 3.05) is 13.2 Å². The topological polar surface area (TPSA) is 76.1 Å². The van der Waals surface area contributed by atoms with Gasteiger partial charge >= 0.3 is 0 Å². The minimum Gasteiger partial charge on any atom is -0.503 e. The molecule has 6 heteroatoms. The van der Waals surface area contributed by atoms with E-state index in [9.17, 15) is 14.7 Å². The van der Waals surface area contributed by atoms with Gasteiger partial charge < -0.3 is 19.5 Å². The zero-order valence-corrected chi connectivity index (χ0v) is 18.4. The number of rotatable bonds is 9. The standard InChI is InChI=1S/C25H29NO5/c1-16(2)23(27)21-22(26(25(29)24(21)28)13-14-30-17(3)4)18-9-8-12-20(15-18)31-19-10-6-5-7-11-19/h5-12,15-17,22,28H,13-14H2,1-4H3. The van der Waals surface area contributed by atoms with E-state index in [1.165, 1.54) is 4.90 Å². The number of amides is 1. The van der Waals surface area contributed by atoms with Crippen molar-refractivity contribution in [2.24, 2.45) is 5.92 Å². The second-order valence-electron chi connectivity index (χ2n) is 8.09. The number of hydrogen-bond acceptors (Lipinski definition) is 5. The molecule has 164 valence electrons. The molecule has 1 aliphatic rings. The molecule has 1 aliphatic heterocycles. The van der Waals surface area contributed by atoms with E-state index in [-0.39, 0.29) is 29.9 Å². The van der Waals surface area contributed by atoms with Crippen LogP contribution in [0, 0.1) is 5.92 Å². The van der Waals surface area contributed by atoms with Crippen LogP contribution in [0.3, 0.4) is 0 Å². The molecule has 1 atom stereocenters. The largest absolute Gasteiger partial charge is 0.503 e. The van der Waals surface area contributed by atoms with Gasteiger partial charge in [0, 0.05) is 12.5 Å². The van der Waals surface area contributed by atoms with Crippen LogP contribution >= 0.6 is 0 Å². The third kappa shape index (κ3) is 5.14. The molecule has 6 nitrogen and oxygen atoms in total. The summed E-state index contributed by atoms with van der Waals surface area (Å²) in [4.78, 5) is 27.3. The Hall–Kier alpha value is -3.12. The van der Waals surface area contributed by atoms with Crippen molar-refractivity contribution >= 4 is 11.7 Å². The maximum Gasteiger partial charge on any atom is 0.290 e. The third-order valence-corrected chi connectivity index (χ3v) is 5.03. The summed E-state index contributed by atoms with van der Waals surface area (Å²) in [5.74, 6) is -0.391. The number of carbonyl (C=O) groups is 2. The second kappa shape index (κ2) is 9.79. The van der Waals surface area contributed by atoms with E-state index in [1.54, 1.807) is 19.9 Å². The van der Waals surface area contributed by atoms with E-state index in [4.69, 9.17) is 9.47 Å². The Bertz CT molecular complexity index is 965. The molecule has 1 unspecified atom stereocenters. The van der Waals surface area contributed by atoms with Crippen LogP contribution in [0.5, 0.6) is 11.5 Å². The molecule has 1 heterocycles. The van der Waals surface area contributed by atoms with Crippen LogP contribution < -0.4 is 4.74 Å². The fraction of sp³-hybridized carbons (Fsp3) is 0.360. The van der Waals surface area contributed by atoms with E-state index < -0.39 is 17.7 Å². The minimum absolute atomic E-state index is 0.0112. The number of carbonyl (C=O) groups excluding carboxylic acids is 2. The van der Waals surface area contributed by atoms with Crippen molar-refractivity contribution in [3.63, 3.8) is 0 Å². The molecule has 2 aromatic rings. The smallest absolute Gasteiger partial charge is 0.290 e. The van der Waals surface area contributed by atoms with E-state index in [0.29, 0.717) is 23.7 Å². The summed E-state index contributed by atoms with van der Waals surface area (Å²) in [5.41, 5.74) is 0.820. The highest BCUT2D eigenvalue weighted by Gasteiger charge is 2.43. The summed E-state index contributed by atoms with van der Waals surface area (Å²) in [6.45, 7) is 7.89. The molecule has 0 bridgehead atoms. The number of ether oxygens (including phenoxy) is 2. The van der Waals surface area contributed by atoms with Gasteiger partial charge in [-0.05, 0) is 43.7 Å². The summed E-state index contributed by atoms with van der Waals surface area (Å²) in [7, 11) is 0. The molecule has 0 radical (unpaired) electrons. The van der Waals surface area contributed by atoms with E-state index in [2.05, 4.69) is 0 Å². The van der Waals surface area contributed by atoms with Crippen LogP contribution in [0.2, 0.25) is 0 Å². The maximum absolute atomic E-state index is 12.9. The number of benzene rings is 2. The van der Waals surface area contributed by atoms with Gasteiger partial charge in [0.2, 0.25) is 0 Å². The zero-order valence-electron chi connectivity index (χ0n) is 18.4. The molecule has 0 fully saturated rings. The Morgan fingerprint density at radius 1 is 1.03 bits per heavy atom. The Kier molecular flexibility index (Phi) is 7.13. The van der Waals surface area contributed by atoms with Gasteiger partial charge in [0.05, 0.1) is 24.3 Å². The van der Waals surface area contributed by atoms with Crippen molar-refractivity contribution in [2.45, 2.75) is 39.8 Å². The van der Waals surface area contributed by atoms with Crippen molar-refractivity contribution in [3.8, 4) is 11.5 Å². The lowest BCUT2D eigenvalue weighted by Crippen LogP contribution is -2.34. The monoisotopic (exact) mass is 423 g/mol. The number of aliphatic hydroxyl groups is 1. The Morgan fingerprint density at radius 3 is 2.35 bits per heavy atom. The molecule has 0 aliphatic carbocycles. The predicted octanol–water partition coefficient (Wildman–Crippen LogP) is 4.82. The van der Waals surface area contributed by atoms with Gasteiger partial charge in [0.15, 0.2) is 11.5 Å². The maximum atomic E-state index is 12.9. The van der Waals surface area contributed by atoms with Gasteiger partial charge in [-0.3, -0.25) is 9.59 Å². The van der Waals surface area contributed by atoms with Crippen molar-refractivity contribution in [3.05, 3.63) is 71.5 Å². The first kappa shape index (κ1) is 22.6. The van der Waals surface area contributed by atoms with Crippen LogP contribution in [0.25, 0.3) is 0 Å². The summed E-state index contributed by atoms with van der Waals surface area (Å²) in [5, 5.41) is 10.6. The highest BCUT2D eigenvalue weighted by Crippen LogP contribution is 2.40. The summed E-state index contributed by atoms with van der Waals surface area (Å²) in [6, 6.07) is 15.9. The molecular weight excluding hydrogens is 394 g/mol. The lowest BCUT2D eigenvalue weighted by Gasteiger charge is -2.27. The fourth-order valence-corrected chi connectivity index (χ4v) is 3.55. The first-order valence-electron chi connectivity index (χ1n) is 10.5. The molecular formula is C25H29NO5. The van der Waals surface area contributed by atoms with Crippen LogP contribution in [-0.4, -0.2) is 41.0 Å². The first-order valence-corrected chi connectivity index (χ1v) is 10.5. The minimum atomic E-state index is -0.697. The number of aliphatic hydroxyl groups excluding tert-OH is 1. The van der Waals surface area contributed by atoms with Gasteiger partial charge in [-0.25, -0.2) is 0 Å². The average molecular weight is 424 g/mol.